The molecule has 0 bridgehead atoms. The first-order chi connectivity index (χ1) is 12.6. The summed E-state index contributed by atoms with van der Waals surface area (Å²) in [6.45, 7) is 0. The van der Waals surface area contributed by atoms with Crippen molar-refractivity contribution in [2.45, 2.75) is 0 Å². The van der Waals surface area contributed by atoms with Gasteiger partial charge in [0.25, 0.3) is 0 Å². The third kappa shape index (κ3) is 3.75. The van der Waals surface area contributed by atoms with E-state index in [-0.39, 0.29) is 0 Å². The maximum atomic E-state index is 5.81. The number of ether oxygens (including phenoxy) is 3. The van der Waals surface area contributed by atoms with E-state index in [1.165, 1.54) is 6.33 Å². The summed E-state index contributed by atoms with van der Waals surface area (Å²) in [6.07, 6.45) is 3.01. The van der Waals surface area contributed by atoms with Crippen molar-refractivity contribution in [2.24, 2.45) is 0 Å². The smallest absolute Gasteiger partial charge is 0.230 e. The van der Waals surface area contributed by atoms with Crippen molar-refractivity contribution in [3.63, 3.8) is 0 Å². The summed E-state index contributed by atoms with van der Waals surface area (Å²) >= 11 is 5.81. The number of rotatable bonds is 6. The molecular weight excluding hydrogens is 358 g/mol. The molecule has 0 fully saturated rings. The molecule has 0 aliphatic rings. The summed E-state index contributed by atoms with van der Waals surface area (Å²) < 4.78 is 16.0. The Morgan fingerprint density at radius 2 is 1.65 bits per heavy atom. The van der Waals surface area contributed by atoms with E-state index in [2.05, 4.69) is 25.3 Å². The molecule has 3 rings (SSSR count). The van der Waals surface area contributed by atoms with E-state index in [0.29, 0.717) is 39.9 Å². The highest BCUT2D eigenvalue weighted by atomic mass is 35.5. The van der Waals surface area contributed by atoms with Gasteiger partial charge in [-0.3, -0.25) is 0 Å². The van der Waals surface area contributed by atoms with Crippen LogP contribution in [0.1, 0.15) is 0 Å². The molecule has 2 aromatic heterocycles. The monoisotopic (exact) mass is 373 g/mol. The van der Waals surface area contributed by atoms with E-state index in [1.54, 1.807) is 51.8 Å². The zero-order valence-corrected chi connectivity index (χ0v) is 15.1. The average molecular weight is 374 g/mol. The summed E-state index contributed by atoms with van der Waals surface area (Å²) in [7, 11) is 4.65. The topological polar surface area (TPSA) is 91.3 Å². The number of anilines is 2. The standard InChI is InChI=1S/C17H16ClN5O3/c1-24-12-6-11(7-13(25-2)15(12)26-3)22-17-21-9-20-16(23-17)10-4-5-14(18)19-8-10/h4-9H,1-3H3,(H,20,21,22,23). The van der Waals surface area contributed by atoms with Gasteiger partial charge in [-0.1, -0.05) is 11.6 Å². The van der Waals surface area contributed by atoms with E-state index in [1.807, 2.05) is 0 Å². The van der Waals surface area contributed by atoms with Crippen LogP contribution in [-0.2, 0) is 0 Å². The van der Waals surface area contributed by atoms with Gasteiger partial charge in [-0.05, 0) is 12.1 Å². The lowest BCUT2D eigenvalue weighted by Crippen LogP contribution is -2.02. The van der Waals surface area contributed by atoms with Gasteiger partial charge in [0, 0.05) is 29.6 Å². The number of hydrogen-bond donors (Lipinski definition) is 1. The van der Waals surface area contributed by atoms with Crippen LogP contribution < -0.4 is 19.5 Å². The van der Waals surface area contributed by atoms with Crippen molar-refractivity contribution in [1.82, 2.24) is 19.9 Å². The van der Waals surface area contributed by atoms with Crippen molar-refractivity contribution in [3.8, 4) is 28.6 Å². The molecule has 0 aliphatic carbocycles. The van der Waals surface area contributed by atoms with Crippen molar-refractivity contribution in [3.05, 3.63) is 41.9 Å². The summed E-state index contributed by atoms with van der Waals surface area (Å²) in [5.41, 5.74) is 1.40. The molecule has 0 unspecified atom stereocenters. The van der Waals surface area contributed by atoms with Gasteiger partial charge in [-0.2, -0.15) is 4.98 Å². The zero-order valence-electron chi connectivity index (χ0n) is 14.4. The Morgan fingerprint density at radius 1 is 0.923 bits per heavy atom. The minimum Gasteiger partial charge on any atom is -0.493 e. The molecule has 2 heterocycles. The fourth-order valence-corrected chi connectivity index (χ4v) is 2.40. The molecule has 0 radical (unpaired) electrons. The highest BCUT2D eigenvalue weighted by Gasteiger charge is 2.14. The highest BCUT2D eigenvalue weighted by Crippen LogP contribution is 2.40. The Labute approximate surface area is 155 Å². The minimum absolute atomic E-state index is 0.360. The summed E-state index contributed by atoms with van der Waals surface area (Å²) in [5.74, 6) is 2.37. The third-order valence-electron chi connectivity index (χ3n) is 3.48. The number of hydrogen-bond acceptors (Lipinski definition) is 8. The van der Waals surface area contributed by atoms with Crippen LogP contribution in [-0.4, -0.2) is 41.3 Å². The van der Waals surface area contributed by atoms with Crippen LogP contribution in [0.25, 0.3) is 11.4 Å². The fourth-order valence-electron chi connectivity index (χ4n) is 2.29. The van der Waals surface area contributed by atoms with Gasteiger partial charge in [0.2, 0.25) is 11.7 Å². The first-order valence-electron chi connectivity index (χ1n) is 7.52. The van der Waals surface area contributed by atoms with Gasteiger partial charge in [-0.25, -0.2) is 15.0 Å². The summed E-state index contributed by atoms with van der Waals surface area (Å²) in [6, 6.07) is 6.98. The Morgan fingerprint density at radius 3 is 2.23 bits per heavy atom. The lowest BCUT2D eigenvalue weighted by atomic mass is 10.2. The van der Waals surface area contributed by atoms with Crippen molar-refractivity contribution in [2.75, 3.05) is 26.6 Å². The molecule has 26 heavy (non-hydrogen) atoms. The van der Waals surface area contributed by atoms with Gasteiger partial charge in [0.15, 0.2) is 17.3 Å². The quantitative estimate of drug-likeness (QED) is 0.658. The van der Waals surface area contributed by atoms with Crippen LogP contribution >= 0.6 is 11.6 Å². The van der Waals surface area contributed by atoms with Gasteiger partial charge < -0.3 is 19.5 Å². The first kappa shape index (κ1) is 17.7. The Hall–Kier alpha value is -3.13. The molecule has 0 spiro atoms. The molecule has 0 saturated carbocycles. The molecule has 8 nitrogen and oxygen atoms in total. The van der Waals surface area contributed by atoms with Crippen LogP contribution in [0.5, 0.6) is 17.2 Å². The van der Waals surface area contributed by atoms with E-state index < -0.39 is 0 Å². The van der Waals surface area contributed by atoms with Gasteiger partial charge in [0.1, 0.15) is 11.5 Å². The fraction of sp³-hybridized carbons (Fsp3) is 0.176. The second kappa shape index (κ2) is 7.83. The molecule has 0 saturated heterocycles. The maximum absolute atomic E-state index is 5.81. The third-order valence-corrected chi connectivity index (χ3v) is 3.70. The molecule has 0 aliphatic heterocycles. The second-order valence-electron chi connectivity index (χ2n) is 5.04. The summed E-state index contributed by atoms with van der Waals surface area (Å²) in [5, 5.41) is 3.50. The van der Waals surface area contributed by atoms with Crippen LogP contribution in [0, 0.1) is 0 Å². The molecule has 9 heteroatoms. The van der Waals surface area contributed by atoms with Gasteiger partial charge in [0.05, 0.1) is 21.3 Å². The molecule has 134 valence electrons. The number of benzene rings is 1. The Kier molecular flexibility index (Phi) is 5.33. The average Bonchev–Trinajstić information content (AvgIpc) is 2.68. The normalized spacial score (nSPS) is 10.3. The molecule has 1 N–H and O–H groups in total. The van der Waals surface area contributed by atoms with Crippen LogP contribution in [0.4, 0.5) is 11.6 Å². The van der Waals surface area contributed by atoms with E-state index in [9.17, 15) is 0 Å². The Bertz CT molecular complexity index is 880. The number of aromatic nitrogens is 4. The van der Waals surface area contributed by atoms with Gasteiger partial charge >= 0.3 is 0 Å². The SMILES string of the molecule is COc1cc(Nc2ncnc(-c3ccc(Cl)nc3)n2)cc(OC)c1OC. The van der Waals surface area contributed by atoms with Crippen LogP contribution in [0.2, 0.25) is 5.15 Å². The first-order valence-corrected chi connectivity index (χ1v) is 7.90. The van der Waals surface area contributed by atoms with Crippen molar-refractivity contribution < 1.29 is 14.2 Å². The molecule has 3 aromatic rings. The van der Waals surface area contributed by atoms with Gasteiger partial charge in [-0.15, -0.1) is 0 Å². The van der Waals surface area contributed by atoms with E-state index in [0.717, 1.165) is 5.56 Å². The minimum atomic E-state index is 0.360. The predicted octanol–water partition coefficient (Wildman–Crippen LogP) is 3.36. The van der Waals surface area contributed by atoms with Crippen molar-refractivity contribution >= 4 is 23.2 Å². The van der Waals surface area contributed by atoms with Crippen LogP contribution in [0.15, 0.2) is 36.8 Å². The number of nitrogens with one attached hydrogen (secondary N) is 1. The number of nitrogens with zero attached hydrogens (tertiary/aromatic N) is 4. The molecule has 0 atom stereocenters. The van der Waals surface area contributed by atoms with Crippen molar-refractivity contribution in [1.29, 1.82) is 0 Å². The zero-order chi connectivity index (χ0) is 18.5. The van der Waals surface area contributed by atoms with Crippen LogP contribution in [0.3, 0.4) is 0 Å². The molecule has 0 amide bonds. The largest absolute Gasteiger partial charge is 0.493 e. The van der Waals surface area contributed by atoms with E-state index >= 15 is 0 Å². The maximum Gasteiger partial charge on any atom is 0.230 e. The highest BCUT2D eigenvalue weighted by molar-refractivity contribution is 6.29. The number of pyridine rings is 1. The Balaban J connectivity index is 1.92. The molecular formula is C17H16ClN5O3. The predicted molar refractivity (Wildman–Crippen MR) is 97.4 cm³/mol. The van der Waals surface area contributed by atoms with E-state index in [4.69, 9.17) is 25.8 Å². The number of halogens is 1. The molecule has 1 aromatic carbocycles. The summed E-state index contributed by atoms with van der Waals surface area (Å²) in [4.78, 5) is 16.7. The number of methoxy groups -OCH3 is 3. The lowest BCUT2D eigenvalue weighted by Gasteiger charge is -2.14. The second-order valence-corrected chi connectivity index (χ2v) is 5.43. The lowest BCUT2D eigenvalue weighted by molar-refractivity contribution is 0.324.